The van der Waals surface area contributed by atoms with Gasteiger partial charge in [-0.25, -0.2) is 14.1 Å². The highest BCUT2D eigenvalue weighted by molar-refractivity contribution is 5.74. The standard InChI is InChI=1S/C20H15F4N5O2/c1-19(2,20(22,23)24)31-14-7-12(6-13(21)8-14)17-9-18(27-11-30)28-29(17)16-4-3-5-26-15(16)10-25/h3-9,11H,1-2H3,(H,27,28,30). The van der Waals surface area contributed by atoms with Crippen LogP contribution in [0.2, 0.25) is 0 Å². The molecule has 0 unspecified atom stereocenters. The highest BCUT2D eigenvalue weighted by Crippen LogP contribution is 2.36. The number of nitriles is 1. The number of carbonyl (C=O) groups is 1. The van der Waals surface area contributed by atoms with E-state index in [1.807, 2.05) is 6.07 Å². The fraction of sp³-hybridized carbons (Fsp3) is 0.200. The molecule has 3 rings (SSSR count). The molecule has 0 atom stereocenters. The number of alkyl halides is 3. The van der Waals surface area contributed by atoms with Gasteiger partial charge in [-0.1, -0.05) is 0 Å². The lowest BCUT2D eigenvalue weighted by Crippen LogP contribution is -2.44. The van der Waals surface area contributed by atoms with Crippen molar-refractivity contribution < 1.29 is 27.1 Å². The van der Waals surface area contributed by atoms with E-state index in [0.29, 0.717) is 6.41 Å². The summed E-state index contributed by atoms with van der Waals surface area (Å²) in [7, 11) is 0. The van der Waals surface area contributed by atoms with Crippen molar-refractivity contribution in [1.29, 1.82) is 5.26 Å². The van der Waals surface area contributed by atoms with Gasteiger partial charge in [0.05, 0.1) is 5.69 Å². The van der Waals surface area contributed by atoms with E-state index >= 15 is 0 Å². The van der Waals surface area contributed by atoms with Crippen molar-refractivity contribution in [1.82, 2.24) is 14.8 Å². The van der Waals surface area contributed by atoms with Gasteiger partial charge < -0.3 is 10.1 Å². The Bertz CT molecular complexity index is 1170. The maximum absolute atomic E-state index is 14.3. The molecule has 1 amide bonds. The van der Waals surface area contributed by atoms with Crippen molar-refractivity contribution in [2.24, 2.45) is 0 Å². The van der Waals surface area contributed by atoms with E-state index in [1.54, 1.807) is 6.07 Å². The lowest BCUT2D eigenvalue weighted by molar-refractivity contribution is -0.234. The second-order valence-electron chi connectivity index (χ2n) is 6.86. The Hall–Kier alpha value is -3.94. The number of aromatic nitrogens is 3. The zero-order valence-corrected chi connectivity index (χ0v) is 16.2. The molecule has 31 heavy (non-hydrogen) atoms. The summed E-state index contributed by atoms with van der Waals surface area (Å²) in [6.45, 7) is 1.64. The van der Waals surface area contributed by atoms with Gasteiger partial charge in [-0.2, -0.15) is 18.4 Å². The van der Waals surface area contributed by atoms with Crippen molar-refractivity contribution >= 4 is 12.2 Å². The first-order valence-electron chi connectivity index (χ1n) is 8.78. The highest BCUT2D eigenvalue weighted by Gasteiger charge is 2.49. The van der Waals surface area contributed by atoms with E-state index in [0.717, 1.165) is 26.0 Å². The fourth-order valence-corrected chi connectivity index (χ4v) is 2.68. The van der Waals surface area contributed by atoms with Gasteiger partial charge in [0.2, 0.25) is 6.41 Å². The Kier molecular flexibility index (Phi) is 5.66. The molecular formula is C20H15F4N5O2. The zero-order valence-electron chi connectivity index (χ0n) is 16.2. The first-order valence-corrected chi connectivity index (χ1v) is 8.78. The third-order valence-corrected chi connectivity index (χ3v) is 4.26. The lowest BCUT2D eigenvalue weighted by Gasteiger charge is -2.29. The first kappa shape index (κ1) is 21.8. The molecule has 0 aliphatic carbocycles. The molecule has 1 aromatic carbocycles. The van der Waals surface area contributed by atoms with E-state index < -0.39 is 17.6 Å². The van der Waals surface area contributed by atoms with E-state index in [9.17, 15) is 27.6 Å². The Balaban J connectivity index is 2.16. The normalized spacial score (nSPS) is 11.6. The van der Waals surface area contributed by atoms with Crippen molar-refractivity contribution in [3.05, 3.63) is 54.1 Å². The van der Waals surface area contributed by atoms with Gasteiger partial charge >= 0.3 is 6.18 Å². The minimum atomic E-state index is -4.69. The Morgan fingerprint density at radius 1 is 1.23 bits per heavy atom. The Morgan fingerprint density at radius 3 is 2.61 bits per heavy atom. The average Bonchev–Trinajstić information content (AvgIpc) is 3.10. The number of ether oxygens (including phenoxy) is 1. The maximum atomic E-state index is 14.3. The minimum absolute atomic E-state index is 0.00409. The van der Waals surface area contributed by atoms with E-state index in [1.165, 1.54) is 29.1 Å². The van der Waals surface area contributed by atoms with Gasteiger partial charge in [0.15, 0.2) is 17.1 Å². The Morgan fingerprint density at radius 2 is 1.97 bits per heavy atom. The van der Waals surface area contributed by atoms with Crippen molar-refractivity contribution in [2.45, 2.75) is 25.6 Å². The second kappa shape index (κ2) is 8.06. The summed E-state index contributed by atoms with van der Waals surface area (Å²) in [6.07, 6.45) is -2.93. The monoisotopic (exact) mass is 433 g/mol. The molecule has 3 aromatic rings. The molecule has 7 nitrogen and oxygen atoms in total. The van der Waals surface area contributed by atoms with Gasteiger partial charge in [-0.3, -0.25) is 4.79 Å². The predicted octanol–water partition coefficient (Wildman–Crippen LogP) is 4.23. The first-order chi connectivity index (χ1) is 14.6. The number of halogens is 4. The second-order valence-corrected chi connectivity index (χ2v) is 6.86. The summed E-state index contributed by atoms with van der Waals surface area (Å²) in [5.41, 5.74) is -2.06. The van der Waals surface area contributed by atoms with Crippen LogP contribution < -0.4 is 10.1 Å². The smallest absolute Gasteiger partial charge is 0.427 e. The van der Waals surface area contributed by atoms with E-state index in [-0.39, 0.29) is 34.2 Å². The summed E-state index contributed by atoms with van der Waals surface area (Å²) in [4.78, 5) is 14.8. The molecule has 1 N–H and O–H groups in total. The molecule has 0 fully saturated rings. The number of nitrogens with one attached hydrogen (secondary N) is 1. The van der Waals surface area contributed by atoms with Crippen molar-refractivity contribution in [3.8, 4) is 28.8 Å². The Labute approximate surface area is 173 Å². The van der Waals surface area contributed by atoms with Gasteiger partial charge in [-0.15, -0.1) is 5.10 Å². The van der Waals surface area contributed by atoms with E-state index in [4.69, 9.17) is 4.74 Å². The number of rotatable bonds is 6. The number of pyridine rings is 1. The topological polar surface area (TPSA) is 92.8 Å². The number of hydrogen-bond acceptors (Lipinski definition) is 5. The molecule has 0 aliphatic rings. The summed E-state index contributed by atoms with van der Waals surface area (Å²) < 4.78 is 60.1. The number of amides is 1. The predicted molar refractivity (Wildman–Crippen MR) is 102 cm³/mol. The van der Waals surface area contributed by atoms with Crippen LogP contribution in [0.15, 0.2) is 42.6 Å². The third kappa shape index (κ3) is 4.48. The van der Waals surface area contributed by atoms with Crippen LogP contribution in [0.1, 0.15) is 19.5 Å². The SMILES string of the molecule is CC(C)(Oc1cc(F)cc(-c2cc(NC=O)nn2-c2cccnc2C#N)c1)C(F)(F)F. The largest absolute Gasteiger partial charge is 0.478 e. The number of nitrogens with zero attached hydrogens (tertiary/aromatic N) is 4. The number of carbonyl (C=O) groups excluding carboxylic acids is 1. The van der Waals surface area contributed by atoms with Gasteiger partial charge in [-0.05, 0) is 38.1 Å². The molecular weight excluding hydrogens is 418 g/mol. The zero-order chi connectivity index (χ0) is 22.8. The van der Waals surface area contributed by atoms with Gasteiger partial charge in [0, 0.05) is 23.9 Å². The summed E-state index contributed by atoms with van der Waals surface area (Å²) >= 11 is 0. The minimum Gasteiger partial charge on any atom is -0.478 e. The third-order valence-electron chi connectivity index (χ3n) is 4.26. The molecule has 2 heterocycles. The summed E-state index contributed by atoms with van der Waals surface area (Å²) in [5, 5.41) is 15.8. The molecule has 0 saturated heterocycles. The van der Waals surface area contributed by atoms with Crippen LogP contribution in [0.25, 0.3) is 16.9 Å². The summed E-state index contributed by atoms with van der Waals surface area (Å²) in [5.74, 6) is -1.14. The van der Waals surface area contributed by atoms with Crippen LogP contribution in [0, 0.1) is 17.1 Å². The van der Waals surface area contributed by atoms with Crippen molar-refractivity contribution in [2.75, 3.05) is 5.32 Å². The molecule has 160 valence electrons. The number of benzene rings is 1. The van der Waals surface area contributed by atoms with Crippen molar-refractivity contribution in [3.63, 3.8) is 0 Å². The average molecular weight is 433 g/mol. The van der Waals surface area contributed by atoms with E-state index in [2.05, 4.69) is 15.4 Å². The highest BCUT2D eigenvalue weighted by atomic mass is 19.4. The van der Waals surface area contributed by atoms with Crippen LogP contribution in [0.5, 0.6) is 5.75 Å². The molecule has 0 bridgehead atoms. The molecule has 11 heteroatoms. The van der Waals surface area contributed by atoms with Crippen LogP contribution >= 0.6 is 0 Å². The number of hydrogen-bond donors (Lipinski definition) is 1. The molecule has 0 saturated carbocycles. The van der Waals surface area contributed by atoms with Crippen LogP contribution in [0.4, 0.5) is 23.4 Å². The maximum Gasteiger partial charge on any atom is 0.427 e. The number of anilines is 1. The van der Waals surface area contributed by atoms with Crippen LogP contribution in [-0.2, 0) is 4.79 Å². The van der Waals surface area contributed by atoms with Gasteiger partial charge in [0.1, 0.15) is 23.3 Å². The quantitative estimate of drug-likeness (QED) is 0.464. The molecule has 0 spiro atoms. The molecule has 0 radical (unpaired) electrons. The molecule has 2 aromatic heterocycles. The van der Waals surface area contributed by atoms with Gasteiger partial charge in [0.25, 0.3) is 0 Å². The van der Waals surface area contributed by atoms with Crippen LogP contribution in [0.3, 0.4) is 0 Å². The fourth-order valence-electron chi connectivity index (χ4n) is 2.68. The molecule has 0 aliphatic heterocycles. The van der Waals surface area contributed by atoms with Crippen LogP contribution in [-0.4, -0.2) is 33.0 Å². The lowest BCUT2D eigenvalue weighted by atomic mass is 10.1. The summed E-state index contributed by atoms with van der Waals surface area (Å²) in [6, 6.07) is 9.43.